The van der Waals surface area contributed by atoms with E-state index in [9.17, 15) is 13.6 Å². The second-order valence-electron chi connectivity index (χ2n) is 10.8. The Hall–Kier alpha value is -2.06. The zero-order chi connectivity index (χ0) is 25.1. The molecule has 0 amide bonds. The number of benzene rings is 1. The van der Waals surface area contributed by atoms with E-state index >= 15 is 0 Å². The molecule has 36 heavy (non-hydrogen) atoms. The van der Waals surface area contributed by atoms with Crippen LogP contribution >= 0.6 is 11.3 Å². The highest BCUT2D eigenvalue weighted by Gasteiger charge is 2.28. The number of ketones is 1. The van der Waals surface area contributed by atoms with Crippen molar-refractivity contribution < 1.29 is 23.0 Å². The normalized spacial score (nSPS) is 22.4. The molecule has 1 aliphatic carbocycles. The molecule has 3 aliphatic rings. The predicted octanol–water partition coefficient (Wildman–Crippen LogP) is 6.33. The number of aryl methyl sites for hydroxylation is 1. The molecule has 5 rings (SSSR count). The molecule has 2 aliphatic heterocycles. The first-order valence-electron chi connectivity index (χ1n) is 13.3. The lowest BCUT2D eigenvalue weighted by Crippen LogP contribution is -2.32. The van der Waals surface area contributed by atoms with Gasteiger partial charge in [0, 0.05) is 31.3 Å². The van der Waals surface area contributed by atoms with Gasteiger partial charge in [-0.25, -0.2) is 13.8 Å². The van der Waals surface area contributed by atoms with E-state index < -0.39 is 12.5 Å². The van der Waals surface area contributed by atoms with Crippen LogP contribution in [0.15, 0.2) is 18.2 Å². The van der Waals surface area contributed by atoms with Crippen molar-refractivity contribution in [3.8, 4) is 10.9 Å². The average Bonchev–Trinajstić information content (AvgIpc) is 3.29. The van der Waals surface area contributed by atoms with Gasteiger partial charge in [-0.15, -0.1) is 0 Å². The van der Waals surface area contributed by atoms with E-state index in [4.69, 9.17) is 9.47 Å². The van der Waals surface area contributed by atoms with Crippen molar-refractivity contribution in [2.75, 3.05) is 26.3 Å². The number of ether oxygens (including phenoxy) is 2. The summed E-state index contributed by atoms with van der Waals surface area (Å²) in [6.07, 6.45) is 9.30. The Kier molecular flexibility index (Phi) is 7.91. The molecule has 0 spiro atoms. The van der Waals surface area contributed by atoms with Crippen LogP contribution in [0, 0.1) is 11.8 Å². The zero-order valence-electron chi connectivity index (χ0n) is 21.1. The van der Waals surface area contributed by atoms with E-state index in [2.05, 4.69) is 16.0 Å². The quantitative estimate of drug-likeness (QED) is 0.363. The maximum Gasteiger partial charge on any atom is 0.278 e. The van der Waals surface area contributed by atoms with Crippen molar-refractivity contribution in [2.45, 2.75) is 77.2 Å². The van der Waals surface area contributed by atoms with E-state index in [-0.39, 0.29) is 5.78 Å². The Morgan fingerprint density at radius 1 is 1.22 bits per heavy atom. The molecule has 3 heterocycles. The van der Waals surface area contributed by atoms with Gasteiger partial charge >= 0.3 is 0 Å². The number of carbonyl (C=O) groups excluding carboxylic acids is 1. The topological polar surface area (TPSA) is 51.7 Å². The fraction of sp³-hybridized carbons (Fsp3) is 0.643. The fourth-order valence-electron chi connectivity index (χ4n) is 5.74. The fourth-order valence-corrected chi connectivity index (χ4v) is 6.65. The van der Waals surface area contributed by atoms with Crippen molar-refractivity contribution in [1.82, 2.24) is 9.88 Å². The highest BCUT2D eigenvalue weighted by molar-refractivity contribution is 7.13. The van der Waals surface area contributed by atoms with Gasteiger partial charge in [0.2, 0.25) is 0 Å². The summed E-state index contributed by atoms with van der Waals surface area (Å²) in [4.78, 5) is 21.1. The first-order chi connectivity index (χ1) is 17.3. The summed E-state index contributed by atoms with van der Waals surface area (Å²) in [6, 6.07) is 6.00. The maximum absolute atomic E-state index is 13.1. The van der Waals surface area contributed by atoms with Crippen LogP contribution in [0.1, 0.15) is 78.4 Å². The first-order valence-corrected chi connectivity index (χ1v) is 14.1. The lowest BCUT2D eigenvalue weighted by Gasteiger charge is -2.31. The number of nitrogens with zero attached hydrogens (tertiary/aromatic N) is 2. The van der Waals surface area contributed by atoms with Gasteiger partial charge in [0.25, 0.3) is 11.1 Å². The van der Waals surface area contributed by atoms with Crippen molar-refractivity contribution in [3.05, 3.63) is 39.9 Å². The number of carbonyl (C=O) groups is 1. The molecule has 1 aromatic carbocycles. The second kappa shape index (κ2) is 11.1. The van der Waals surface area contributed by atoms with E-state index in [0.717, 1.165) is 87.0 Å². The Morgan fingerprint density at radius 3 is 2.83 bits per heavy atom. The zero-order valence-corrected chi connectivity index (χ0v) is 21.9. The lowest BCUT2D eigenvalue weighted by atomic mass is 9.78. The Morgan fingerprint density at radius 2 is 2.03 bits per heavy atom. The van der Waals surface area contributed by atoms with Gasteiger partial charge in [0.15, 0.2) is 12.4 Å². The summed E-state index contributed by atoms with van der Waals surface area (Å²) in [5.74, 6) is -0.619. The van der Waals surface area contributed by atoms with Crippen LogP contribution in [-0.2, 0) is 19.4 Å². The molecule has 1 aromatic heterocycles. The van der Waals surface area contributed by atoms with Gasteiger partial charge in [-0.05, 0) is 68.5 Å². The summed E-state index contributed by atoms with van der Waals surface area (Å²) in [6.45, 7) is 3.71. The van der Waals surface area contributed by atoms with Gasteiger partial charge in [0.05, 0.1) is 17.9 Å². The number of rotatable bonds is 9. The second-order valence-corrected chi connectivity index (χ2v) is 11.8. The molecule has 8 heteroatoms. The number of halogens is 2. The van der Waals surface area contributed by atoms with Crippen molar-refractivity contribution >= 4 is 17.1 Å². The van der Waals surface area contributed by atoms with E-state index in [1.165, 1.54) is 29.7 Å². The number of thiazole rings is 1. The predicted molar refractivity (Wildman–Crippen MR) is 136 cm³/mol. The third-order valence-electron chi connectivity index (χ3n) is 7.76. The van der Waals surface area contributed by atoms with Crippen LogP contribution in [0.5, 0.6) is 10.9 Å². The Bertz CT molecular complexity index is 1060. The number of alkyl halides is 2. The lowest BCUT2D eigenvalue weighted by molar-refractivity contribution is -0.0230. The van der Waals surface area contributed by atoms with Gasteiger partial charge in [-0.3, -0.25) is 9.69 Å². The molecular formula is C28H36F2N2O3S. The van der Waals surface area contributed by atoms with E-state index in [1.54, 1.807) is 0 Å². The van der Waals surface area contributed by atoms with Crippen LogP contribution in [-0.4, -0.2) is 47.9 Å². The molecular weight excluding hydrogens is 482 g/mol. The minimum absolute atomic E-state index is 0.232. The average molecular weight is 519 g/mol. The number of hydrogen-bond acceptors (Lipinski definition) is 6. The van der Waals surface area contributed by atoms with Crippen molar-refractivity contribution in [3.63, 3.8) is 0 Å². The number of aromatic nitrogens is 1. The van der Waals surface area contributed by atoms with E-state index in [0.29, 0.717) is 30.1 Å². The van der Waals surface area contributed by atoms with Gasteiger partial charge in [-0.1, -0.05) is 36.3 Å². The molecule has 1 saturated carbocycles. The van der Waals surface area contributed by atoms with Gasteiger partial charge in [0.1, 0.15) is 5.75 Å². The SMILES string of the molecule is CC(F)(F)COc1nc2c(s1)CCN(CCC1CCC(CC(=O)c3cccc4c3OCCC4)CC1)C2. The van der Waals surface area contributed by atoms with Gasteiger partial charge in [-0.2, -0.15) is 0 Å². The summed E-state index contributed by atoms with van der Waals surface area (Å²) in [5.41, 5.74) is 2.93. The highest BCUT2D eigenvalue weighted by Crippen LogP contribution is 2.36. The number of fused-ring (bicyclic) bond motifs is 2. The Balaban J connectivity index is 1.05. The summed E-state index contributed by atoms with van der Waals surface area (Å²) < 4.78 is 37.2. The van der Waals surface area contributed by atoms with Crippen molar-refractivity contribution in [1.29, 1.82) is 0 Å². The standard InChI is InChI=1S/C28H36F2N2O3S/c1-28(29,30)18-35-27-31-23-17-32(14-12-25(23)36-27)13-11-19-7-9-20(10-8-19)16-24(33)22-6-2-4-21-5-3-15-34-26(21)22/h2,4,6,19-20H,3,5,7-18H2,1H3. The Labute approximate surface area is 216 Å². The summed E-state index contributed by atoms with van der Waals surface area (Å²) in [7, 11) is 0. The minimum atomic E-state index is -2.85. The molecule has 5 nitrogen and oxygen atoms in total. The summed E-state index contributed by atoms with van der Waals surface area (Å²) >= 11 is 1.41. The molecule has 0 N–H and O–H groups in total. The molecule has 1 fully saturated rings. The monoisotopic (exact) mass is 518 g/mol. The van der Waals surface area contributed by atoms with Crippen LogP contribution in [0.4, 0.5) is 8.78 Å². The third kappa shape index (κ3) is 6.43. The van der Waals surface area contributed by atoms with Crippen LogP contribution in [0.2, 0.25) is 0 Å². The largest absolute Gasteiger partial charge is 0.493 e. The molecule has 0 saturated heterocycles. The third-order valence-corrected chi connectivity index (χ3v) is 8.83. The summed E-state index contributed by atoms with van der Waals surface area (Å²) in [5, 5.41) is 0.360. The number of Topliss-reactive ketones (excluding diaryl/α,β-unsaturated/α-hetero) is 1. The van der Waals surface area contributed by atoms with Crippen LogP contribution < -0.4 is 9.47 Å². The molecule has 196 valence electrons. The first kappa shape index (κ1) is 25.6. The molecule has 2 aromatic rings. The molecule has 0 bridgehead atoms. The van der Waals surface area contributed by atoms with Crippen molar-refractivity contribution in [2.24, 2.45) is 11.8 Å². The maximum atomic E-state index is 13.1. The van der Waals surface area contributed by atoms with Gasteiger partial charge < -0.3 is 9.47 Å². The highest BCUT2D eigenvalue weighted by atomic mass is 32.1. The molecule has 0 atom stereocenters. The minimum Gasteiger partial charge on any atom is -0.493 e. The molecule has 0 unspecified atom stereocenters. The molecule has 0 radical (unpaired) electrons. The van der Waals surface area contributed by atoms with Crippen LogP contribution in [0.25, 0.3) is 0 Å². The smallest absolute Gasteiger partial charge is 0.278 e. The number of hydrogen-bond donors (Lipinski definition) is 0. The number of para-hydroxylation sites is 1. The van der Waals surface area contributed by atoms with Crippen LogP contribution in [0.3, 0.4) is 0 Å². The van der Waals surface area contributed by atoms with E-state index in [1.807, 2.05) is 12.1 Å².